The maximum atomic E-state index is 12.2. The molecule has 0 radical (unpaired) electrons. The highest BCUT2D eigenvalue weighted by Crippen LogP contribution is 2.18. The number of hydrogen-bond acceptors (Lipinski definition) is 2. The van der Waals surface area contributed by atoms with Gasteiger partial charge in [-0.3, -0.25) is 0 Å². The van der Waals surface area contributed by atoms with Gasteiger partial charge in [0.15, 0.2) is 0 Å². The van der Waals surface area contributed by atoms with E-state index in [4.69, 9.17) is 11.6 Å². The summed E-state index contributed by atoms with van der Waals surface area (Å²) < 4.78 is 0. The molecule has 2 rings (SSSR count). The van der Waals surface area contributed by atoms with E-state index in [9.17, 15) is 9.90 Å². The third-order valence-electron chi connectivity index (χ3n) is 3.64. The fraction of sp³-hybridized carbons (Fsp3) is 0.278. The zero-order chi connectivity index (χ0) is 16.7. The van der Waals surface area contributed by atoms with Gasteiger partial charge < -0.3 is 15.7 Å². The average molecular weight is 333 g/mol. The van der Waals surface area contributed by atoms with Gasteiger partial charge in [-0.1, -0.05) is 54.1 Å². The zero-order valence-corrected chi connectivity index (χ0v) is 13.8. The van der Waals surface area contributed by atoms with Crippen molar-refractivity contribution in [2.45, 2.75) is 25.4 Å². The van der Waals surface area contributed by atoms with E-state index in [0.717, 1.165) is 11.1 Å². The summed E-state index contributed by atoms with van der Waals surface area (Å²) in [6.45, 7) is 1.92. The first-order valence-electron chi connectivity index (χ1n) is 7.58. The van der Waals surface area contributed by atoms with Gasteiger partial charge in [0.1, 0.15) is 0 Å². The smallest absolute Gasteiger partial charge is 0.315 e. The van der Waals surface area contributed by atoms with E-state index in [2.05, 4.69) is 10.6 Å². The predicted octanol–water partition coefficient (Wildman–Crippen LogP) is 3.82. The van der Waals surface area contributed by atoms with E-state index in [1.54, 1.807) is 12.1 Å². The monoisotopic (exact) mass is 332 g/mol. The van der Waals surface area contributed by atoms with Crippen LogP contribution in [0.3, 0.4) is 0 Å². The van der Waals surface area contributed by atoms with Gasteiger partial charge in [-0.2, -0.15) is 0 Å². The number of hydrogen-bond donors (Lipinski definition) is 3. The number of aliphatic hydroxyl groups excluding tert-OH is 1. The molecule has 3 N–H and O–H groups in total. The van der Waals surface area contributed by atoms with Crippen LogP contribution in [0.25, 0.3) is 0 Å². The number of benzene rings is 2. The summed E-state index contributed by atoms with van der Waals surface area (Å²) in [7, 11) is 0. The molecule has 0 aliphatic carbocycles. The molecule has 2 atom stereocenters. The van der Waals surface area contributed by atoms with Gasteiger partial charge in [0, 0.05) is 11.6 Å². The maximum Gasteiger partial charge on any atom is 0.315 e. The lowest BCUT2D eigenvalue weighted by molar-refractivity contribution is 0.226. The number of carbonyl (C=O) groups is 1. The fourth-order valence-corrected chi connectivity index (χ4v) is 2.49. The van der Waals surface area contributed by atoms with Crippen molar-refractivity contribution in [2.75, 3.05) is 6.61 Å². The van der Waals surface area contributed by atoms with Crippen LogP contribution in [-0.2, 0) is 0 Å². The standard InChI is InChI=1S/C18H21ClN2O2/c1-13(14-7-9-16(19)10-8-14)20-18(23)21-17(11-12-22)15-5-3-2-4-6-15/h2-10,13,17,22H,11-12H2,1H3,(H2,20,21,23)/t13?,17-/m1/s1. The minimum absolute atomic E-state index is 0.00653. The fourth-order valence-electron chi connectivity index (χ4n) is 2.37. The molecule has 1 unspecified atom stereocenters. The lowest BCUT2D eigenvalue weighted by Gasteiger charge is -2.21. The Bertz CT molecular complexity index is 617. The Morgan fingerprint density at radius 3 is 2.30 bits per heavy atom. The highest BCUT2D eigenvalue weighted by molar-refractivity contribution is 6.30. The molecule has 0 aromatic heterocycles. The molecule has 0 saturated heterocycles. The molecule has 0 heterocycles. The normalized spacial score (nSPS) is 13.2. The molecule has 4 nitrogen and oxygen atoms in total. The van der Waals surface area contributed by atoms with Gasteiger partial charge in [-0.25, -0.2) is 4.79 Å². The molecule has 0 saturated carbocycles. The van der Waals surface area contributed by atoms with Crippen molar-refractivity contribution in [2.24, 2.45) is 0 Å². The Hall–Kier alpha value is -2.04. The van der Waals surface area contributed by atoms with E-state index >= 15 is 0 Å². The highest BCUT2D eigenvalue weighted by Gasteiger charge is 2.15. The van der Waals surface area contributed by atoms with E-state index in [1.807, 2.05) is 49.4 Å². The number of amides is 2. The van der Waals surface area contributed by atoms with Crippen LogP contribution in [0, 0.1) is 0 Å². The van der Waals surface area contributed by atoms with Crippen molar-refractivity contribution < 1.29 is 9.90 Å². The second-order valence-electron chi connectivity index (χ2n) is 5.37. The molecule has 0 aliphatic heterocycles. The topological polar surface area (TPSA) is 61.4 Å². The van der Waals surface area contributed by atoms with Gasteiger partial charge in [-0.05, 0) is 36.6 Å². The Labute approximate surface area is 141 Å². The summed E-state index contributed by atoms with van der Waals surface area (Å²) >= 11 is 5.87. The summed E-state index contributed by atoms with van der Waals surface area (Å²) in [5, 5.41) is 15.7. The van der Waals surface area contributed by atoms with E-state index in [1.165, 1.54) is 0 Å². The van der Waals surface area contributed by atoms with Crippen molar-refractivity contribution in [1.82, 2.24) is 10.6 Å². The molecule has 5 heteroatoms. The van der Waals surface area contributed by atoms with Crippen LogP contribution in [-0.4, -0.2) is 17.7 Å². The number of nitrogens with one attached hydrogen (secondary N) is 2. The highest BCUT2D eigenvalue weighted by atomic mass is 35.5. The molecular weight excluding hydrogens is 312 g/mol. The summed E-state index contributed by atoms with van der Waals surface area (Å²) in [5.41, 5.74) is 1.94. The van der Waals surface area contributed by atoms with Crippen LogP contribution in [0.2, 0.25) is 5.02 Å². The molecule has 0 bridgehead atoms. The quantitative estimate of drug-likeness (QED) is 0.753. The van der Waals surface area contributed by atoms with Crippen LogP contribution >= 0.6 is 11.6 Å². The Morgan fingerprint density at radius 1 is 1.04 bits per heavy atom. The molecule has 2 amide bonds. The molecule has 2 aromatic rings. The van der Waals surface area contributed by atoms with Crippen LogP contribution < -0.4 is 10.6 Å². The first-order valence-corrected chi connectivity index (χ1v) is 7.96. The lowest BCUT2D eigenvalue weighted by Crippen LogP contribution is -2.39. The Balaban J connectivity index is 1.97. The first-order chi connectivity index (χ1) is 11.1. The van der Waals surface area contributed by atoms with Gasteiger partial charge in [-0.15, -0.1) is 0 Å². The zero-order valence-electron chi connectivity index (χ0n) is 13.0. The molecule has 23 heavy (non-hydrogen) atoms. The molecule has 0 fully saturated rings. The van der Waals surface area contributed by atoms with Crippen molar-refractivity contribution in [3.63, 3.8) is 0 Å². The molecule has 2 aromatic carbocycles. The van der Waals surface area contributed by atoms with E-state index in [0.29, 0.717) is 11.4 Å². The van der Waals surface area contributed by atoms with Crippen molar-refractivity contribution in [1.29, 1.82) is 0 Å². The second-order valence-corrected chi connectivity index (χ2v) is 5.80. The van der Waals surface area contributed by atoms with E-state index < -0.39 is 0 Å². The number of urea groups is 1. The van der Waals surface area contributed by atoms with Crippen molar-refractivity contribution >= 4 is 17.6 Å². The largest absolute Gasteiger partial charge is 0.396 e. The van der Waals surface area contributed by atoms with Crippen LogP contribution in [0.1, 0.15) is 36.6 Å². The minimum atomic E-state index is -0.269. The number of carbonyl (C=O) groups excluding carboxylic acids is 1. The van der Waals surface area contributed by atoms with Gasteiger partial charge in [0.05, 0.1) is 12.1 Å². The lowest BCUT2D eigenvalue weighted by atomic mass is 10.0. The molecule has 122 valence electrons. The van der Waals surface area contributed by atoms with E-state index in [-0.39, 0.29) is 24.7 Å². The van der Waals surface area contributed by atoms with Crippen molar-refractivity contribution in [3.05, 3.63) is 70.7 Å². The summed E-state index contributed by atoms with van der Waals surface area (Å²) in [6.07, 6.45) is 0.465. The number of halogens is 1. The molecular formula is C18H21ClN2O2. The summed E-state index contributed by atoms with van der Waals surface area (Å²) in [5.74, 6) is 0. The maximum absolute atomic E-state index is 12.2. The third-order valence-corrected chi connectivity index (χ3v) is 3.89. The van der Waals surface area contributed by atoms with Gasteiger partial charge >= 0.3 is 6.03 Å². The van der Waals surface area contributed by atoms with Gasteiger partial charge in [0.2, 0.25) is 0 Å². The van der Waals surface area contributed by atoms with Crippen LogP contribution in [0.5, 0.6) is 0 Å². The van der Waals surface area contributed by atoms with Gasteiger partial charge in [0.25, 0.3) is 0 Å². The van der Waals surface area contributed by atoms with Crippen LogP contribution in [0.15, 0.2) is 54.6 Å². The first kappa shape index (κ1) is 17.3. The SMILES string of the molecule is CC(NC(=O)N[C@H](CCO)c1ccccc1)c1ccc(Cl)cc1. The number of aliphatic hydroxyl groups is 1. The van der Waals surface area contributed by atoms with Crippen LogP contribution in [0.4, 0.5) is 4.79 Å². The van der Waals surface area contributed by atoms with Crippen molar-refractivity contribution in [3.8, 4) is 0 Å². The summed E-state index contributed by atoms with van der Waals surface area (Å²) in [6, 6.07) is 16.3. The average Bonchev–Trinajstić information content (AvgIpc) is 2.55. The Kier molecular flexibility index (Phi) is 6.44. The molecule has 0 spiro atoms. The molecule has 0 aliphatic rings. The summed E-state index contributed by atoms with van der Waals surface area (Å²) in [4.78, 5) is 12.2. The number of rotatable bonds is 6. The Morgan fingerprint density at radius 2 is 1.70 bits per heavy atom. The third kappa shape index (κ3) is 5.27. The second kappa shape index (κ2) is 8.56. The predicted molar refractivity (Wildman–Crippen MR) is 92.4 cm³/mol. The minimum Gasteiger partial charge on any atom is -0.396 e.